The van der Waals surface area contributed by atoms with Crippen molar-refractivity contribution in [2.45, 2.75) is 18.9 Å². The molecule has 0 aromatic rings. The zero-order valence-electron chi connectivity index (χ0n) is 4.93. The average Bonchev–Trinajstić information content (AvgIpc) is 1.90. The molecule has 8 heavy (non-hydrogen) atoms. The summed E-state index contributed by atoms with van der Waals surface area (Å²) in [7, 11) is 3.35. The number of hydrogen-bond acceptors (Lipinski definition) is 2. The van der Waals surface area contributed by atoms with Crippen molar-refractivity contribution in [2.75, 3.05) is 13.2 Å². The van der Waals surface area contributed by atoms with Crippen LogP contribution in [0.2, 0.25) is 0 Å². The molecule has 0 atom stereocenters. The van der Waals surface area contributed by atoms with Crippen LogP contribution in [0.4, 0.5) is 0 Å². The van der Waals surface area contributed by atoms with E-state index in [1.165, 1.54) is 0 Å². The first kappa shape index (κ1) is 6.05. The van der Waals surface area contributed by atoms with Gasteiger partial charge in [-0.2, -0.15) is 0 Å². The highest BCUT2D eigenvalue weighted by Crippen LogP contribution is 2.08. The summed E-state index contributed by atoms with van der Waals surface area (Å²) < 4.78 is 9.95. The summed E-state index contributed by atoms with van der Waals surface area (Å²) in [5.74, 6) is 0. The van der Waals surface area contributed by atoms with Crippen molar-refractivity contribution in [3.8, 4) is 0 Å². The van der Waals surface area contributed by atoms with Crippen LogP contribution in [-0.4, -0.2) is 19.3 Å². The Morgan fingerprint density at radius 2 is 2.00 bits per heavy atom. The van der Waals surface area contributed by atoms with E-state index in [0.717, 1.165) is 26.1 Å². The minimum atomic E-state index is 0.351. The van der Waals surface area contributed by atoms with E-state index in [0.29, 0.717) is 6.10 Å². The molecule has 2 nitrogen and oxygen atoms in total. The standard InChI is InChI=1S/C6H11O2/c1-7-6-2-4-8-5-3-6/h6H,1-5H2. The summed E-state index contributed by atoms with van der Waals surface area (Å²) in [5.41, 5.74) is 0. The molecule has 1 heterocycles. The maximum Gasteiger partial charge on any atom is 0.0704 e. The summed E-state index contributed by atoms with van der Waals surface area (Å²) in [6.45, 7) is 1.67. The maximum atomic E-state index is 5.09. The van der Waals surface area contributed by atoms with Gasteiger partial charge < -0.3 is 9.47 Å². The van der Waals surface area contributed by atoms with Crippen LogP contribution in [0.1, 0.15) is 12.8 Å². The van der Waals surface area contributed by atoms with Crippen molar-refractivity contribution in [1.29, 1.82) is 0 Å². The molecule has 0 saturated carbocycles. The van der Waals surface area contributed by atoms with Crippen molar-refractivity contribution in [1.82, 2.24) is 0 Å². The van der Waals surface area contributed by atoms with Crippen molar-refractivity contribution in [2.24, 2.45) is 0 Å². The first-order chi connectivity index (χ1) is 3.93. The molecular weight excluding hydrogens is 104 g/mol. The summed E-state index contributed by atoms with van der Waals surface area (Å²) in [4.78, 5) is 0. The third-order valence-corrected chi connectivity index (χ3v) is 1.40. The van der Waals surface area contributed by atoms with E-state index >= 15 is 0 Å². The lowest BCUT2D eigenvalue weighted by molar-refractivity contribution is 0.00363. The highest BCUT2D eigenvalue weighted by Gasteiger charge is 2.11. The van der Waals surface area contributed by atoms with Gasteiger partial charge in [-0.3, -0.25) is 0 Å². The molecule has 0 bridgehead atoms. The van der Waals surface area contributed by atoms with Gasteiger partial charge in [-0.25, -0.2) is 0 Å². The SMILES string of the molecule is [CH2]OC1CCOCC1. The minimum absolute atomic E-state index is 0.351. The second-order valence-corrected chi connectivity index (χ2v) is 1.98. The van der Waals surface area contributed by atoms with Crippen LogP contribution in [0, 0.1) is 7.11 Å². The van der Waals surface area contributed by atoms with Gasteiger partial charge in [-0.05, 0) is 12.8 Å². The van der Waals surface area contributed by atoms with Gasteiger partial charge in [0.05, 0.1) is 13.2 Å². The maximum absolute atomic E-state index is 5.09. The molecule has 1 saturated heterocycles. The Labute approximate surface area is 49.8 Å². The van der Waals surface area contributed by atoms with E-state index in [1.54, 1.807) is 0 Å². The van der Waals surface area contributed by atoms with Crippen molar-refractivity contribution in [3.05, 3.63) is 7.11 Å². The number of hydrogen-bond donors (Lipinski definition) is 0. The fraction of sp³-hybridized carbons (Fsp3) is 0.833. The van der Waals surface area contributed by atoms with Crippen LogP contribution in [0.15, 0.2) is 0 Å². The second-order valence-electron chi connectivity index (χ2n) is 1.98. The van der Waals surface area contributed by atoms with E-state index in [4.69, 9.17) is 9.47 Å². The fourth-order valence-corrected chi connectivity index (χ4v) is 0.843. The highest BCUT2D eigenvalue weighted by molar-refractivity contribution is 4.61. The first-order valence-electron chi connectivity index (χ1n) is 2.92. The van der Waals surface area contributed by atoms with Gasteiger partial charge >= 0.3 is 0 Å². The van der Waals surface area contributed by atoms with E-state index in [9.17, 15) is 0 Å². The van der Waals surface area contributed by atoms with Crippen LogP contribution in [-0.2, 0) is 9.47 Å². The molecule has 1 radical (unpaired) electrons. The third-order valence-electron chi connectivity index (χ3n) is 1.40. The second kappa shape index (κ2) is 3.05. The minimum Gasteiger partial charge on any atom is -0.381 e. The molecule has 1 rings (SSSR count). The summed E-state index contributed by atoms with van der Waals surface area (Å²) in [6, 6.07) is 0. The number of rotatable bonds is 1. The Morgan fingerprint density at radius 1 is 1.38 bits per heavy atom. The Balaban J connectivity index is 2.13. The molecule has 0 unspecified atom stereocenters. The van der Waals surface area contributed by atoms with Crippen LogP contribution in [0.25, 0.3) is 0 Å². The van der Waals surface area contributed by atoms with Gasteiger partial charge in [-0.1, -0.05) is 0 Å². The lowest BCUT2D eigenvalue weighted by Gasteiger charge is -2.19. The van der Waals surface area contributed by atoms with E-state index in [-0.39, 0.29) is 0 Å². The molecule has 2 heteroatoms. The van der Waals surface area contributed by atoms with E-state index in [2.05, 4.69) is 7.11 Å². The molecule has 0 spiro atoms. The van der Waals surface area contributed by atoms with E-state index < -0.39 is 0 Å². The normalized spacial score (nSPS) is 23.6. The van der Waals surface area contributed by atoms with Crippen LogP contribution in [0.5, 0.6) is 0 Å². The summed E-state index contributed by atoms with van der Waals surface area (Å²) in [5, 5.41) is 0. The van der Waals surface area contributed by atoms with Gasteiger partial charge in [-0.15, -0.1) is 0 Å². The topological polar surface area (TPSA) is 18.5 Å². The predicted molar refractivity (Wildman–Crippen MR) is 30.3 cm³/mol. The van der Waals surface area contributed by atoms with Crippen molar-refractivity contribution < 1.29 is 9.47 Å². The lowest BCUT2D eigenvalue weighted by Crippen LogP contribution is -2.21. The van der Waals surface area contributed by atoms with Crippen LogP contribution >= 0.6 is 0 Å². The van der Waals surface area contributed by atoms with Crippen molar-refractivity contribution in [3.63, 3.8) is 0 Å². The fourth-order valence-electron chi connectivity index (χ4n) is 0.843. The molecule has 0 aromatic heterocycles. The molecule has 0 amide bonds. The molecule has 0 N–H and O–H groups in total. The average molecular weight is 115 g/mol. The Morgan fingerprint density at radius 3 is 2.38 bits per heavy atom. The first-order valence-corrected chi connectivity index (χ1v) is 2.92. The van der Waals surface area contributed by atoms with Gasteiger partial charge in [0.1, 0.15) is 0 Å². The van der Waals surface area contributed by atoms with Crippen LogP contribution < -0.4 is 0 Å². The summed E-state index contributed by atoms with van der Waals surface area (Å²) >= 11 is 0. The zero-order valence-corrected chi connectivity index (χ0v) is 4.93. The van der Waals surface area contributed by atoms with Gasteiger partial charge in [0.25, 0.3) is 0 Å². The molecule has 47 valence electrons. The largest absolute Gasteiger partial charge is 0.381 e. The monoisotopic (exact) mass is 115 g/mol. The zero-order chi connectivity index (χ0) is 5.82. The molecule has 0 aromatic carbocycles. The van der Waals surface area contributed by atoms with Gasteiger partial charge in [0, 0.05) is 13.2 Å². The van der Waals surface area contributed by atoms with Crippen molar-refractivity contribution >= 4 is 0 Å². The molecule has 1 aliphatic rings. The van der Waals surface area contributed by atoms with E-state index in [1.807, 2.05) is 0 Å². The third kappa shape index (κ3) is 1.46. The quantitative estimate of drug-likeness (QED) is 0.507. The Bertz CT molecular complexity index is 57.5. The molecule has 1 fully saturated rings. The molecule has 0 aliphatic carbocycles. The van der Waals surface area contributed by atoms with Crippen LogP contribution in [0.3, 0.4) is 0 Å². The van der Waals surface area contributed by atoms with Gasteiger partial charge in [0.2, 0.25) is 0 Å². The summed E-state index contributed by atoms with van der Waals surface area (Å²) in [6.07, 6.45) is 2.36. The van der Waals surface area contributed by atoms with Gasteiger partial charge in [0.15, 0.2) is 0 Å². The highest BCUT2D eigenvalue weighted by atomic mass is 16.5. The Hall–Kier alpha value is -0.0800. The smallest absolute Gasteiger partial charge is 0.0704 e. The number of ether oxygens (including phenoxy) is 2. The Kier molecular flexibility index (Phi) is 2.30. The lowest BCUT2D eigenvalue weighted by atomic mass is 10.2. The molecular formula is C6H11O2. The molecule has 1 aliphatic heterocycles. The predicted octanol–water partition coefficient (Wildman–Crippen LogP) is 0.974.